The van der Waals surface area contributed by atoms with Crippen LogP contribution in [0.15, 0.2) is 55.1 Å². The fourth-order valence-electron chi connectivity index (χ4n) is 5.17. The minimum absolute atomic E-state index is 0.435. The summed E-state index contributed by atoms with van der Waals surface area (Å²) in [6, 6.07) is 10.2. The number of nitrogens with zero attached hydrogens (tertiary/aromatic N) is 5. The third-order valence-electron chi connectivity index (χ3n) is 7.52. The van der Waals surface area contributed by atoms with Crippen molar-refractivity contribution in [1.82, 2.24) is 19.8 Å². The number of likely N-dealkylation sites (N-methyl/N-ethyl adjacent to an activating group) is 1. The maximum Gasteiger partial charge on any atom is 0.416 e. The van der Waals surface area contributed by atoms with Crippen molar-refractivity contribution < 1.29 is 18.0 Å². The Morgan fingerprint density at radius 3 is 2.42 bits per heavy atom. The lowest BCUT2D eigenvalue weighted by atomic mass is 9.90. The van der Waals surface area contributed by atoms with Crippen LogP contribution in [0, 0.1) is 0 Å². The molecule has 1 aromatic heterocycles. The van der Waals surface area contributed by atoms with E-state index in [9.17, 15) is 18.0 Å². The largest absolute Gasteiger partial charge is 0.416 e. The lowest BCUT2D eigenvalue weighted by Crippen LogP contribution is -2.45. The fourth-order valence-corrected chi connectivity index (χ4v) is 5.17. The summed E-state index contributed by atoms with van der Waals surface area (Å²) in [5.74, 6) is 0.435. The highest BCUT2D eigenvalue weighted by Gasteiger charge is 2.31. The Bertz CT molecular complexity index is 1260. The van der Waals surface area contributed by atoms with E-state index in [-0.39, 0.29) is 0 Å². The summed E-state index contributed by atoms with van der Waals surface area (Å²) in [5.41, 5.74) is 4.97. The van der Waals surface area contributed by atoms with Crippen LogP contribution in [-0.4, -0.2) is 79.4 Å². The van der Waals surface area contributed by atoms with Crippen LogP contribution in [0.4, 0.5) is 24.5 Å². The number of benzene rings is 2. The molecule has 3 aromatic rings. The number of piperazine rings is 1. The molecule has 0 bridgehead atoms. The Morgan fingerprint density at radius 1 is 1.05 bits per heavy atom. The van der Waals surface area contributed by atoms with Gasteiger partial charge in [0.1, 0.15) is 12.6 Å². The number of fused-ring (bicyclic) bond motifs is 1. The molecule has 0 radical (unpaired) electrons. The maximum atomic E-state index is 12.9. The van der Waals surface area contributed by atoms with Gasteiger partial charge in [-0.15, -0.1) is 0 Å². The van der Waals surface area contributed by atoms with Gasteiger partial charge in [-0.3, -0.25) is 4.79 Å². The van der Waals surface area contributed by atoms with Crippen molar-refractivity contribution in [3.63, 3.8) is 0 Å². The Labute approximate surface area is 234 Å². The van der Waals surface area contributed by atoms with Crippen molar-refractivity contribution >= 4 is 17.7 Å². The van der Waals surface area contributed by atoms with Crippen molar-refractivity contribution in [2.24, 2.45) is 0 Å². The summed E-state index contributed by atoms with van der Waals surface area (Å²) in [5, 5.41) is 2.80. The van der Waals surface area contributed by atoms with Gasteiger partial charge in [-0.2, -0.15) is 13.2 Å². The first-order chi connectivity index (χ1) is 19.2. The lowest BCUT2D eigenvalue weighted by Gasteiger charge is -2.34. The minimum atomic E-state index is -4.30. The standard InChI is InChI=1S/C15H22F3N3.C15H15N3O/c1-19-14-10-12(9-13(11-14)15(16,17)18)3-4-21-7-5-20(2)6-8-21;1-11-7-18(14-5-16-10-17-6-14)8-13-4-12(9-19)2-3-15(11)13/h9-11,19H,3-8H2,1-2H3;2-6,9-11H,7-8H2,1H3. The highest BCUT2D eigenvalue weighted by Crippen LogP contribution is 2.32. The van der Waals surface area contributed by atoms with Gasteiger partial charge in [0, 0.05) is 64.1 Å². The predicted octanol–water partition coefficient (Wildman–Crippen LogP) is 4.95. The van der Waals surface area contributed by atoms with Gasteiger partial charge in [-0.25, -0.2) is 9.97 Å². The molecule has 40 heavy (non-hydrogen) atoms. The summed E-state index contributed by atoms with van der Waals surface area (Å²) < 4.78 is 38.6. The number of aldehydes is 1. The lowest BCUT2D eigenvalue weighted by molar-refractivity contribution is -0.137. The van der Waals surface area contributed by atoms with Crippen LogP contribution in [-0.2, 0) is 19.1 Å². The van der Waals surface area contributed by atoms with Gasteiger partial charge in [0.25, 0.3) is 0 Å². The molecule has 0 amide bonds. The Kier molecular flexibility index (Phi) is 9.76. The second kappa shape index (κ2) is 13.2. The number of aromatic nitrogens is 2. The first-order valence-electron chi connectivity index (χ1n) is 13.5. The van der Waals surface area contributed by atoms with Crippen molar-refractivity contribution in [1.29, 1.82) is 0 Å². The van der Waals surface area contributed by atoms with Gasteiger partial charge in [0.05, 0.1) is 23.6 Å². The molecule has 5 rings (SSSR count). The molecule has 1 fully saturated rings. The molecule has 1 saturated heterocycles. The molecule has 1 atom stereocenters. The van der Waals surface area contributed by atoms with Gasteiger partial charge in [0.2, 0.25) is 0 Å². The SMILES string of the molecule is CC1CN(c2cncnc2)Cc2cc(C=O)ccc21.CNc1cc(CCN2CCN(C)CC2)cc(C(F)(F)F)c1. The van der Waals surface area contributed by atoms with Crippen LogP contribution in [0.2, 0.25) is 0 Å². The summed E-state index contributed by atoms with van der Waals surface area (Å²) in [6.45, 7) is 8.75. The zero-order chi connectivity index (χ0) is 28.7. The normalized spacial score (nSPS) is 17.9. The molecule has 0 aliphatic carbocycles. The van der Waals surface area contributed by atoms with E-state index >= 15 is 0 Å². The number of hydrogen-bond donors (Lipinski definition) is 1. The number of hydrogen-bond acceptors (Lipinski definition) is 7. The quantitative estimate of drug-likeness (QED) is 0.433. The molecule has 2 aliphatic rings. The molecule has 3 heterocycles. The summed E-state index contributed by atoms with van der Waals surface area (Å²) in [4.78, 5) is 25.8. The van der Waals surface area contributed by atoms with Crippen LogP contribution < -0.4 is 10.2 Å². The van der Waals surface area contributed by atoms with Crippen LogP contribution in [0.3, 0.4) is 0 Å². The van der Waals surface area contributed by atoms with Crippen LogP contribution in [0.5, 0.6) is 0 Å². The Morgan fingerprint density at radius 2 is 1.77 bits per heavy atom. The van der Waals surface area contributed by atoms with Gasteiger partial charge in [-0.1, -0.05) is 19.1 Å². The number of nitrogens with one attached hydrogen (secondary N) is 1. The van der Waals surface area contributed by atoms with E-state index in [1.54, 1.807) is 13.1 Å². The second-order valence-electron chi connectivity index (χ2n) is 10.5. The zero-order valence-electron chi connectivity index (χ0n) is 23.3. The highest BCUT2D eigenvalue weighted by atomic mass is 19.4. The van der Waals surface area contributed by atoms with Gasteiger partial charge in [0.15, 0.2) is 0 Å². The molecule has 1 N–H and O–H groups in total. The van der Waals surface area contributed by atoms with E-state index in [0.29, 0.717) is 18.0 Å². The Balaban J connectivity index is 0.000000186. The molecule has 0 spiro atoms. The number of carbonyl (C=O) groups excluding carboxylic acids is 1. The monoisotopic (exact) mass is 554 g/mol. The van der Waals surface area contributed by atoms with E-state index in [0.717, 1.165) is 75.0 Å². The predicted molar refractivity (Wildman–Crippen MR) is 152 cm³/mol. The van der Waals surface area contributed by atoms with Crippen molar-refractivity contribution in [2.45, 2.75) is 32.0 Å². The van der Waals surface area contributed by atoms with E-state index in [1.807, 2.05) is 24.5 Å². The average Bonchev–Trinajstić information content (AvgIpc) is 2.96. The first-order valence-corrected chi connectivity index (χ1v) is 13.5. The van der Waals surface area contributed by atoms with E-state index in [2.05, 4.69) is 50.0 Å². The summed E-state index contributed by atoms with van der Waals surface area (Å²) >= 11 is 0. The molecule has 0 saturated carbocycles. The van der Waals surface area contributed by atoms with E-state index in [4.69, 9.17) is 0 Å². The second-order valence-corrected chi connectivity index (χ2v) is 10.5. The smallest absolute Gasteiger partial charge is 0.388 e. The molecule has 2 aromatic carbocycles. The van der Waals surface area contributed by atoms with Crippen LogP contribution in [0.25, 0.3) is 0 Å². The topological polar surface area (TPSA) is 64.6 Å². The van der Waals surface area contributed by atoms with E-state index < -0.39 is 11.7 Å². The minimum Gasteiger partial charge on any atom is -0.388 e. The molecule has 7 nitrogen and oxygen atoms in total. The van der Waals surface area contributed by atoms with Crippen LogP contribution >= 0.6 is 0 Å². The number of rotatable bonds is 6. The first kappa shape index (κ1) is 29.5. The zero-order valence-corrected chi connectivity index (χ0v) is 23.3. The molecule has 1 unspecified atom stereocenters. The number of anilines is 2. The molecular formula is C30H37F3N6O. The summed E-state index contributed by atoms with van der Waals surface area (Å²) in [7, 11) is 3.73. The molecule has 2 aliphatic heterocycles. The summed E-state index contributed by atoms with van der Waals surface area (Å²) in [6.07, 6.45) is 2.44. The Hall–Kier alpha value is -3.50. The molecular weight excluding hydrogens is 517 g/mol. The molecule has 10 heteroatoms. The van der Waals surface area contributed by atoms with Crippen LogP contribution in [0.1, 0.15) is 45.5 Å². The van der Waals surface area contributed by atoms with Crippen molar-refractivity contribution in [3.05, 3.63) is 82.9 Å². The number of alkyl halides is 3. The number of carbonyl (C=O) groups is 1. The van der Waals surface area contributed by atoms with Gasteiger partial charge < -0.3 is 20.0 Å². The van der Waals surface area contributed by atoms with E-state index in [1.165, 1.54) is 23.5 Å². The van der Waals surface area contributed by atoms with Crippen molar-refractivity contribution in [3.8, 4) is 0 Å². The third kappa shape index (κ3) is 7.79. The maximum absolute atomic E-state index is 12.9. The van der Waals surface area contributed by atoms with Gasteiger partial charge in [-0.05, 0) is 60.3 Å². The number of halogens is 3. The molecule has 214 valence electrons. The fraction of sp³-hybridized carbons (Fsp3) is 0.433. The highest BCUT2D eigenvalue weighted by molar-refractivity contribution is 5.75. The average molecular weight is 555 g/mol. The van der Waals surface area contributed by atoms with Crippen molar-refractivity contribution in [2.75, 3.05) is 63.6 Å². The van der Waals surface area contributed by atoms with Gasteiger partial charge >= 0.3 is 6.18 Å². The third-order valence-corrected chi connectivity index (χ3v) is 7.52.